The lowest BCUT2D eigenvalue weighted by atomic mass is 9.88. The third kappa shape index (κ3) is 3.60. The zero-order chi connectivity index (χ0) is 19.7. The summed E-state index contributed by atoms with van der Waals surface area (Å²) >= 11 is 1.46. The zero-order valence-corrected chi connectivity index (χ0v) is 16.5. The summed E-state index contributed by atoms with van der Waals surface area (Å²) in [6.45, 7) is 2.06. The van der Waals surface area contributed by atoms with E-state index >= 15 is 0 Å². The number of nitrogens with one attached hydrogen (secondary N) is 1. The summed E-state index contributed by atoms with van der Waals surface area (Å²) in [7, 11) is 0. The SMILES string of the molecule is C[C@@H]1CCc2c(sc(NC(=O)COc3cccc4ccccc34)c2C(N)=O)C1. The van der Waals surface area contributed by atoms with Gasteiger partial charge in [0, 0.05) is 10.3 Å². The zero-order valence-electron chi connectivity index (χ0n) is 15.7. The number of hydrogen-bond acceptors (Lipinski definition) is 4. The van der Waals surface area contributed by atoms with Crippen LogP contribution in [0.1, 0.15) is 34.1 Å². The van der Waals surface area contributed by atoms with E-state index in [2.05, 4.69) is 12.2 Å². The van der Waals surface area contributed by atoms with Gasteiger partial charge in [-0.1, -0.05) is 43.3 Å². The van der Waals surface area contributed by atoms with Crippen molar-refractivity contribution in [3.8, 4) is 5.75 Å². The number of hydrogen-bond donors (Lipinski definition) is 2. The topological polar surface area (TPSA) is 81.4 Å². The van der Waals surface area contributed by atoms with Gasteiger partial charge >= 0.3 is 0 Å². The second-order valence-electron chi connectivity index (χ2n) is 7.23. The van der Waals surface area contributed by atoms with Gasteiger partial charge in [0.15, 0.2) is 6.61 Å². The molecule has 6 heteroatoms. The van der Waals surface area contributed by atoms with Gasteiger partial charge in [-0.05, 0) is 42.2 Å². The van der Waals surface area contributed by atoms with E-state index in [9.17, 15) is 9.59 Å². The fraction of sp³-hybridized carbons (Fsp3) is 0.273. The van der Waals surface area contributed by atoms with E-state index < -0.39 is 5.91 Å². The minimum Gasteiger partial charge on any atom is -0.483 e. The van der Waals surface area contributed by atoms with Gasteiger partial charge in [0.1, 0.15) is 10.8 Å². The second kappa shape index (κ2) is 7.64. The summed E-state index contributed by atoms with van der Waals surface area (Å²) in [5.74, 6) is 0.437. The summed E-state index contributed by atoms with van der Waals surface area (Å²) in [6.07, 6.45) is 2.78. The summed E-state index contributed by atoms with van der Waals surface area (Å²) in [5.41, 5.74) is 7.07. The molecule has 5 nitrogen and oxygen atoms in total. The van der Waals surface area contributed by atoms with Crippen LogP contribution in [-0.4, -0.2) is 18.4 Å². The average Bonchev–Trinajstić information content (AvgIpc) is 3.03. The Kier molecular flexibility index (Phi) is 5.05. The minimum absolute atomic E-state index is 0.134. The molecule has 0 saturated carbocycles. The molecule has 0 radical (unpaired) electrons. The highest BCUT2D eigenvalue weighted by Gasteiger charge is 2.27. The van der Waals surface area contributed by atoms with Crippen LogP contribution in [0.2, 0.25) is 0 Å². The molecule has 1 aliphatic carbocycles. The quantitative estimate of drug-likeness (QED) is 0.682. The monoisotopic (exact) mass is 394 g/mol. The lowest BCUT2D eigenvalue weighted by Gasteiger charge is -2.18. The molecule has 3 aromatic rings. The van der Waals surface area contributed by atoms with Crippen LogP contribution in [0.3, 0.4) is 0 Å². The Morgan fingerprint density at radius 1 is 1.21 bits per heavy atom. The molecule has 1 aromatic heterocycles. The molecule has 144 valence electrons. The van der Waals surface area contributed by atoms with Gasteiger partial charge in [-0.25, -0.2) is 0 Å². The molecule has 0 spiro atoms. The number of nitrogens with two attached hydrogens (primary N) is 1. The van der Waals surface area contributed by atoms with Crippen molar-refractivity contribution >= 4 is 38.9 Å². The standard InChI is InChI=1S/C22H22N2O3S/c1-13-9-10-16-18(11-13)28-22(20(16)21(23)26)24-19(25)12-27-17-8-4-6-14-5-2-3-7-15(14)17/h2-8,13H,9-12H2,1H3,(H2,23,26)(H,24,25)/t13-/m1/s1. The normalized spacial score (nSPS) is 15.8. The van der Waals surface area contributed by atoms with Crippen molar-refractivity contribution in [3.63, 3.8) is 0 Å². The maximum atomic E-state index is 12.5. The van der Waals surface area contributed by atoms with Crippen LogP contribution in [0.15, 0.2) is 42.5 Å². The summed E-state index contributed by atoms with van der Waals surface area (Å²) < 4.78 is 5.75. The summed E-state index contributed by atoms with van der Waals surface area (Å²) in [6, 6.07) is 13.6. The highest BCUT2D eigenvalue weighted by molar-refractivity contribution is 7.17. The highest BCUT2D eigenvalue weighted by Crippen LogP contribution is 2.39. The molecule has 4 rings (SSSR count). The molecule has 0 unspecified atom stereocenters. The van der Waals surface area contributed by atoms with E-state index in [4.69, 9.17) is 10.5 Å². The summed E-state index contributed by atoms with van der Waals surface area (Å²) in [5, 5.41) is 5.38. The first-order valence-electron chi connectivity index (χ1n) is 9.37. The number of amides is 2. The molecule has 2 amide bonds. The van der Waals surface area contributed by atoms with Gasteiger partial charge in [-0.15, -0.1) is 11.3 Å². The Morgan fingerprint density at radius 3 is 2.82 bits per heavy atom. The first-order valence-corrected chi connectivity index (χ1v) is 10.2. The largest absolute Gasteiger partial charge is 0.483 e. The predicted molar refractivity (Wildman–Crippen MR) is 112 cm³/mol. The van der Waals surface area contributed by atoms with Gasteiger partial charge < -0.3 is 15.8 Å². The number of carbonyl (C=O) groups is 2. The Hall–Kier alpha value is -2.86. The van der Waals surface area contributed by atoms with Crippen LogP contribution in [0.5, 0.6) is 5.75 Å². The van der Waals surface area contributed by atoms with Crippen LogP contribution < -0.4 is 15.8 Å². The number of thiophene rings is 1. The molecule has 3 N–H and O–H groups in total. The highest BCUT2D eigenvalue weighted by atomic mass is 32.1. The molecular formula is C22H22N2O3S. The smallest absolute Gasteiger partial charge is 0.262 e. The van der Waals surface area contributed by atoms with Gasteiger partial charge in [-0.3, -0.25) is 9.59 Å². The first-order chi connectivity index (χ1) is 13.5. The van der Waals surface area contributed by atoms with Crippen molar-refractivity contribution in [2.45, 2.75) is 26.2 Å². The maximum Gasteiger partial charge on any atom is 0.262 e. The Bertz CT molecular complexity index is 1050. The molecule has 0 fully saturated rings. The Balaban J connectivity index is 1.50. The third-order valence-electron chi connectivity index (χ3n) is 5.12. The fourth-order valence-electron chi connectivity index (χ4n) is 3.73. The molecule has 0 aliphatic heterocycles. The van der Waals surface area contributed by atoms with Gasteiger partial charge in [0.05, 0.1) is 5.56 Å². The Labute approximate surface area is 167 Å². The molecule has 0 bridgehead atoms. The average molecular weight is 394 g/mol. The predicted octanol–water partition coefficient (Wildman–Crippen LogP) is 4.14. The molecule has 28 heavy (non-hydrogen) atoms. The van der Waals surface area contributed by atoms with E-state index in [0.717, 1.165) is 40.5 Å². The minimum atomic E-state index is -0.489. The van der Waals surface area contributed by atoms with Gasteiger partial charge in [-0.2, -0.15) is 0 Å². The molecule has 0 saturated heterocycles. The molecule has 1 atom stereocenters. The van der Waals surface area contributed by atoms with Crippen molar-refractivity contribution < 1.29 is 14.3 Å². The number of ether oxygens (including phenoxy) is 1. The third-order valence-corrected chi connectivity index (χ3v) is 6.29. The Morgan fingerprint density at radius 2 is 2.00 bits per heavy atom. The van der Waals surface area contributed by atoms with Crippen molar-refractivity contribution in [3.05, 3.63) is 58.5 Å². The number of benzene rings is 2. The number of primary amides is 1. The van der Waals surface area contributed by atoms with Crippen LogP contribution in [0.4, 0.5) is 5.00 Å². The van der Waals surface area contributed by atoms with Crippen molar-refractivity contribution in [2.24, 2.45) is 11.7 Å². The van der Waals surface area contributed by atoms with Crippen LogP contribution in [0.25, 0.3) is 10.8 Å². The fourth-order valence-corrected chi connectivity index (χ4v) is 5.16. The molecule has 2 aromatic carbocycles. The maximum absolute atomic E-state index is 12.5. The molecule has 1 heterocycles. The van der Waals surface area contributed by atoms with E-state index in [1.807, 2.05) is 42.5 Å². The van der Waals surface area contributed by atoms with Gasteiger partial charge in [0.25, 0.3) is 11.8 Å². The van der Waals surface area contributed by atoms with E-state index in [0.29, 0.717) is 22.2 Å². The van der Waals surface area contributed by atoms with E-state index in [-0.39, 0.29) is 12.5 Å². The molecular weight excluding hydrogens is 372 g/mol. The lowest BCUT2D eigenvalue weighted by Crippen LogP contribution is -2.22. The van der Waals surface area contributed by atoms with Crippen LogP contribution in [0, 0.1) is 5.92 Å². The number of rotatable bonds is 5. The van der Waals surface area contributed by atoms with Crippen LogP contribution >= 0.6 is 11.3 Å². The lowest BCUT2D eigenvalue weighted by molar-refractivity contribution is -0.118. The first kappa shape index (κ1) is 18.5. The number of anilines is 1. The van der Waals surface area contributed by atoms with Crippen molar-refractivity contribution in [1.82, 2.24) is 0 Å². The van der Waals surface area contributed by atoms with E-state index in [1.54, 1.807) is 0 Å². The van der Waals surface area contributed by atoms with Crippen molar-refractivity contribution in [1.29, 1.82) is 0 Å². The van der Waals surface area contributed by atoms with Gasteiger partial charge in [0.2, 0.25) is 0 Å². The molecule has 1 aliphatic rings. The number of fused-ring (bicyclic) bond motifs is 2. The van der Waals surface area contributed by atoms with Crippen LogP contribution in [-0.2, 0) is 17.6 Å². The number of carbonyl (C=O) groups excluding carboxylic acids is 2. The van der Waals surface area contributed by atoms with Crippen molar-refractivity contribution in [2.75, 3.05) is 11.9 Å². The van der Waals surface area contributed by atoms with E-state index in [1.165, 1.54) is 11.3 Å². The second-order valence-corrected chi connectivity index (χ2v) is 8.34. The summed E-state index contributed by atoms with van der Waals surface area (Å²) in [4.78, 5) is 25.6.